The number of hydrogen-bond donors (Lipinski definition) is 2. The van der Waals surface area contributed by atoms with Gasteiger partial charge in [-0.25, -0.2) is 4.39 Å². The number of aromatic hydroxyl groups is 1. The molecule has 0 aliphatic carbocycles. The van der Waals surface area contributed by atoms with Crippen molar-refractivity contribution in [1.82, 2.24) is 5.32 Å². The number of phenols is 1. The first-order valence-electron chi connectivity index (χ1n) is 4.55. The van der Waals surface area contributed by atoms with Gasteiger partial charge in [0.25, 0.3) is 0 Å². The Bertz CT molecular complexity index is 368. The molecule has 1 rings (SSSR count). The Morgan fingerprint density at radius 1 is 1.67 bits per heavy atom. The van der Waals surface area contributed by atoms with E-state index in [9.17, 15) is 4.39 Å². The van der Waals surface area contributed by atoms with E-state index in [1.54, 1.807) is 6.07 Å². The first-order valence-corrected chi connectivity index (χ1v) is 4.93. The van der Waals surface area contributed by atoms with E-state index in [-0.39, 0.29) is 11.8 Å². The monoisotopic (exact) mass is 229 g/mol. The van der Waals surface area contributed by atoms with Gasteiger partial charge < -0.3 is 10.4 Å². The predicted octanol–water partition coefficient (Wildman–Crippen LogP) is 2.93. The summed E-state index contributed by atoms with van der Waals surface area (Å²) in [6.07, 6.45) is 0. The molecule has 0 bridgehead atoms. The van der Waals surface area contributed by atoms with E-state index in [0.717, 1.165) is 6.07 Å². The smallest absolute Gasteiger partial charge is 0.131 e. The molecular weight excluding hydrogens is 217 g/mol. The molecule has 4 heteroatoms. The van der Waals surface area contributed by atoms with Crippen LogP contribution < -0.4 is 5.32 Å². The average Bonchev–Trinajstić information content (AvgIpc) is 2.14. The van der Waals surface area contributed by atoms with Crippen molar-refractivity contribution in [2.45, 2.75) is 13.0 Å². The molecule has 1 aromatic carbocycles. The molecule has 0 heterocycles. The quantitative estimate of drug-likeness (QED) is 0.832. The number of phenolic OH excluding ortho intramolecular Hbond substituents is 1. The Morgan fingerprint density at radius 2 is 2.33 bits per heavy atom. The largest absolute Gasteiger partial charge is 0.508 e. The third-order valence-electron chi connectivity index (χ3n) is 2.05. The summed E-state index contributed by atoms with van der Waals surface area (Å²) in [6, 6.07) is 3.90. The van der Waals surface area contributed by atoms with Crippen LogP contribution in [0.25, 0.3) is 0 Å². The summed E-state index contributed by atoms with van der Waals surface area (Å²) in [6.45, 7) is 5.76. The zero-order chi connectivity index (χ0) is 11.4. The van der Waals surface area contributed by atoms with Crippen LogP contribution in [0.4, 0.5) is 4.39 Å². The molecule has 0 aromatic heterocycles. The van der Waals surface area contributed by atoms with Crippen LogP contribution in [0.5, 0.6) is 5.75 Å². The average molecular weight is 230 g/mol. The highest BCUT2D eigenvalue weighted by Crippen LogP contribution is 2.20. The SMILES string of the molecule is C=C(Cl)CNC(C)c1ccc(O)cc1F. The molecule has 1 aromatic rings. The normalized spacial score (nSPS) is 12.5. The van der Waals surface area contributed by atoms with Crippen molar-refractivity contribution < 1.29 is 9.50 Å². The molecule has 1 atom stereocenters. The highest BCUT2D eigenvalue weighted by atomic mass is 35.5. The maximum atomic E-state index is 13.4. The summed E-state index contributed by atoms with van der Waals surface area (Å²) in [7, 11) is 0. The molecular formula is C11H13ClFNO. The molecule has 0 aliphatic rings. The zero-order valence-corrected chi connectivity index (χ0v) is 9.18. The van der Waals surface area contributed by atoms with Gasteiger partial charge in [0, 0.05) is 29.2 Å². The van der Waals surface area contributed by atoms with E-state index in [2.05, 4.69) is 11.9 Å². The molecule has 2 N–H and O–H groups in total. The fourth-order valence-corrected chi connectivity index (χ4v) is 1.32. The molecule has 0 radical (unpaired) electrons. The standard InChI is InChI=1S/C11H13ClFNO/c1-7(12)6-14-8(2)10-4-3-9(15)5-11(10)13/h3-5,8,14-15H,1,6H2,2H3. The predicted molar refractivity (Wildman–Crippen MR) is 59.5 cm³/mol. The highest BCUT2D eigenvalue weighted by molar-refractivity contribution is 6.29. The second-order valence-corrected chi connectivity index (χ2v) is 3.86. The molecule has 0 saturated heterocycles. The number of benzene rings is 1. The van der Waals surface area contributed by atoms with Crippen LogP contribution in [-0.4, -0.2) is 11.7 Å². The topological polar surface area (TPSA) is 32.3 Å². The van der Waals surface area contributed by atoms with Crippen LogP contribution in [-0.2, 0) is 0 Å². The third kappa shape index (κ3) is 3.53. The van der Waals surface area contributed by atoms with Crippen LogP contribution >= 0.6 is 11.6 Å². The Kier molecular flexibility index (Phi) is 4.12. The number of nitrogens with one attached hydrogen (secondary N) is 1. The van der Waals surface area contributed by atoms with Crippen LogP contribution in [0.3, 0.4) is 0 Å². The molecule has 15 heavy (non-hydrogen) atoms. The third-order valence-corrected chi connectivity index (χ3v) is 2.18. The Morgan fingerprint density at radius 3 is 2.87 bits per heavy atom. The Hall–Kier alpha value is -1.06. The minimum Gasteiger partial charge on any atom is -0.508 e. The van der Waals surface area contributed by atoms with Crippen molar-refractivity contribution >= 4 is 11.6 Å². The van der Waals surface area contributed by atoms with Gasteiger partial charge >= 0.3 is 0 Å². The van der Waals surface area contributed by atoms with Crippen molar-refractivity contribution in [2.75, 3.05) is 6.54 Å². The van der Waals surface area contributed by atoms with E-state index in [0.29, 0.717) is 17.1 Å². The van der Waals surface area contributed by atoms with Crippen molar-refractivity contribution in [3.8, 4) is 5.75 Å². The van der Waals surface area contributed by atoms with Gasteiger partial charge in [0.1, 0.15) is 11.6 Å². The minimum atomic E-state index is -0.435. The van der Waals surface area contributed by atoms with E-state index in [1.807, 2.05) is 6.92 Å². The van der Waals surface area contributed by atoms with Gasteiger partial charge in [-0.05, 0) is 13.0 Å². The van der Waals surface area contributed by atoms with Gasteiger partial charge in [-0.3, -0.25) is 0 Å². The van der Waals surface area contributed by atoms with Crippen molar-refractivity contribution in [2.24, 2.45) is 0 Å². The number of hydrogen-bond acceptors (Lipinski definition) is 2. The summed E-state index contributed by atoms with van der Waals surface area (Å²) in [5.74, 6) is -0.514. The Balaban J connectivity index is 2.73. The zero-order valence-electron chi connectivity index (χ0n) is 8.43. The minimum absolute atomic E-state index is 0.0785. The second kappa shape index (κ2) is 5.14. The van der Waals surface area contributed by atoms with E-state index < -0.39 is 5.82 Å². The van der Waals surface area contributed by atoms with Gasteiger partial charge in [0.2, 0.25) is 0 Å². The fraction of sp³-hybridized carbons (Fsp3) is 0.273. The Labute approximate surface area is 93.4 Å². The van der Waals surface area contributed by atoms with E-state index in [1.165, 1.54) is 6.07 Å². The van der Waals surface area contributed by atoms with Crippen LogP contribution in [0.15, 0.2) is 29.8 Å². The lowest BCUT2D eigenvalue weighted by atomic mass is 10.1. The lowest BCUT2D eigenvalue weighted by Crippen LogP contribution is -2.20. The number of halogens is 2. The molecule has 0 aliphatic heterocycles. The maximum Gasteiger partial charge on any atom is 0.131 e. The van der Waals surface area contributed by atoms with E-state index in [4.69, 9.17) is 16.7 Å². The molecule has 82 valence electrons. The summed E-state index contributed by atoms with van der Waals surface area (Å²) in [5.41, 5.74) is 0.491. The maximum absolute atomic E-state index is 13.4. The fourth-order valence-electron chi connectivity index (χ4n) is 1.24. The van der Waals surface area contributed by atoms with Gasteiger partial charge in [0.15, 0.2) is 0 Å². The lowest BCUT2D eigenvalue weighted by molar-refractivity contribution is 0.464. The molecule has 1 unspecified atom stereocenters. The first-order chi connectivity index (χ1) is 7.00. The summed E-state index contributed by atoms with van der Waals surface area (Å²) >= 11 is 5.58. The van der Waals surface area contributed by atoms with Gasteiger partial charge in [-0.15, -0.1) is 0 Å². The molecule has 0 amide bonds. The molecule has 0 saturated carbocycles. The summed E-state index contributed by atoms with van der Waals surface area (Å²) in [4.78, 5) is 0. The molecule has 0 fully saturated rings. The van der Waals surface area contributed by atoms with Gasteiger partial charge in [-0.1, -0.05) is 24.2 Å². The summed E-state index contributed by atoms with van der Waals surface area (Å²) < 4.78 is 13.4. The molecule has 0 spiro atoms. The van der Waals surface area contributed by atoms with E-state index >= 15 is 0 Å². The van der Waals surface area contributed by atoms with Gasteiger partial charge in [0.05, 0.1) is 0 Å². The first kappa shape index (κ1) is 12.0. The van der Waals surface area contributed by atoms with Crippen LogP contribution in [0.2, 0.25) is 0 Å². The van der Waals surface area contributed by atoms with Crippen molar-refractivity contribution in [3.63, 3.8) is 0 Å². The van der Waals surface area contributed by atoms with Crippen molar-refractivity contribution in [1.29, 1.82) is 0 Å². The summed E-state index contributed by atoms with van der Waals surface area (Å²) in [5, 5.41) is 12.5. The van der Waals surface area contributed by atoms with Crippen molar-refractivity contribution in [3.05, 3.63) is 41.2 Å². The van der Waals surface area contributed by atoms with Crippen LogP contribution in [0, 0.1) is 5.82 Å². The van der Waals surface area contributed by atoms with Crippen LogP contribution in [0.1, 0.15) is 18.5 Å². The molecule has 2 nitrogen and oxygen atoms in total. The number of rotatable bonds is 4. The van der Waals surface area contributed by atoms with Gasteiger partial charge in [-0.2, -0.15) is 0 Å². The second-order valence-electron chi connectivity index (χ2n) is 3.33. The highest BCUT2D eigenvalue weighted by Gasteiger charge is 2.10. The lowest BCUT2D eigenvalue weighted by Gasteiger charge is -2.14.